The van der Waals surface area contributed by atoms with Gasteiger partial charge in [0.2, 0.25) is 0 Å². The van der Waals surface area contributed by atoms with Crippen molar-refractivity contribution in [3.63, 3.8) is 0 Å². The summed E-state index contributed by atoms with van der Waals surface area (Å²) in [6.07, 6.45) is 2.28. The first kappa shape index (κ1) is 13.7. The van der Waals surface area contributed by atoms with Crippen LogP contribution in [0.3, 0.4) is 0 Å². The van der Waals surface area contributed by atoms with Gasteiger partial charge in [-0.25, -0.2) is 4.39 Å². The van der Waals surface area contributed by atoms with E-state index in [1.807, 2.05) is 0 Å². The Balaban J connectivity index is 1.98. The van der Waals surface area contributed by atoms with E-state index in [0.29, 0.717) is 18.3 Å². The number of nitro groups is 1. The number of likely N-dealkylation sites (N-methyl/N-ethyl adjacent to an activating group) is 1. The number of anilines is 1. The number of benzene rings is 1. The molecule has 104 valence electrons. The summed E-state index contributed by atoms with van der Waals surface area (Å²) in [5, 5.41) is 13.6. The fourth-order valence-corrected chi connectivity index (χ4v) is 2.53. The van der Waals surface area contributed by atoms with Crippen LogP contribution in [0.5, 0.6) is 0 Å². The summed E-state index contributed by atoms with van der Waals surface area (Å²) < 4.78 is 13.7. The molecule has 0 aromatic heterocycles. The molecule has 0 spiro atoms. The van der Waals surface area contributed by atoms with E-state index in [4.69, 9.17) is 0 Å². The SMILES string of the molecule is CCN1CCC[C@@H]1CNc1ccc([N+](=O)[O-])cc1F. The lowest BCUT2D eigenvalue weighted by Gasteiger charge is -2.23. The van der Waals surface area contributed by atoms with Gasteiger partial charge in [-0.05, 0) is 32.0 Å². The molecule has 0 unspecified atom stereocenters. The molecule has 5 nitrogen and oxygen atoms in total. The molecule has 1 aliphatic heterocycles. The highest BCUT2D eigenvalue weighted by molar-refractivity contribution is 5.50. The van der Waals surface area contributed by atoms with Crippen molar-refractivity contribution in [2.24, 2.45) is 0 Å². The summed E-state index contributed by atoms with van der Waals surface area (Å²) in [5.74, 6) is -0.574. The van der Waals surface area contributed by atoms with E-state index >= 15 is 0 Å². The molecule has 0 radical (unpaired) electrons. The van der Waals surface area contributed by atoms with Crippen LogP contribution >= 0.6 is 0 Å². The number of hydrogen-bond donors (Lipinski definition) is 1. The number of non-ortho nitro benzene ring substituents is 1. The highest BCUT2D eigenvalue weighted by atomic mass is 19.1. The van der Waals surface area contributed by atoms with Gasteiger partial charge in [0, 0.05) is 18.7 Å². The van der Waals surface area contributed by atoms with E-state index in [9.17, 15) is 14.5 Å². The Morgan fingerprint density at radius 1 is 1.58 bits per heavy atom. The van der Waals surface area contributed by atoms with E-state index in [-0.39, 0.29) is 5.69 Å². The summed E-state index contributed by atoms with van der Waals surface area (Å²) >= 11 is 0. The molecule has 1 atom stereocenters. The van der Waals surface area contributed by atoms with Crippen LogP contribution in [-0.4, -0.2) is 35.5 Å². The molecule has 1 aliphatic rings. The maximum absolute atomic E-state index is 13.7. The van der Waals surface area contributed by atoms with Crippen molar-refractivity contribution >= 4 is 11.4 Å². The van der Waals surface area contributed by atoms with Crippen molar-refractivity contribution in [1.29, 1.82) is 0 Å². The summed E-state index contributed by atoms with van der Waals surface area (Å²) in [6, 6.07) is 4.12. The summed E-state index contributed by atoms with van der Waals surface area (Å²) in [7, 11) is 0. The van der Waals surface area contributed by atoms with Gasteiger partial charge in [0.05, 0.1) is 16.7 Å². The average molecular weight is 267 g/mol. The molecule has 1 N–H and O–H groups in total. The largest absolute Gasteiger partial charge is 0.381 e. The van der Waals surface area contributed by atoms with Gasteiger partial charge in [0.15, 0.2) is 5.82 Å². The Hall–Kier alpha value is -1.69. The van der Waals surface area contributed by atoms with Crippen LogP contribution in [0.15, 0.2) is 18.2 Å². The Bertz CT molecular complexity index is 467. The number of nitro benzene ring substituents is 1. The number of halogens is 1. The van der Waals surface area contributed by atoms with Crippen molar-refractivity contribution in [2.75, 3.05) is 25.0 Å². The summed E-state index contributed by atoms with van der Waals surface area (Å²) in [6.45, 7) is 4.87. The lowest BCUT2D eigenvalue weighted by Crippen LogP contribution is -2.34. The van der Waals surface area contributed by atoms with Crippen molar-refractivity contribution in [3.05, 3.63) is 34.1 Å². The zero-order valence-corrected chi connectivity index (χ0v) is 10.9. The molecule has 1 heterocycles. The predicted molar refractivity (Wildman–Crippen MR) is 71.8 cm³/mol. The Morgan fingerprint density at radius 3 is 3.00 bits per heavy atom. The first-order valence-electron chi connectivity index (χ1n) is 6.53. The van der Waals surface area contributed by atoms with Crippen LogP contribution in [0.4, 0.5) is 15.8 Å². The second-order valence-electron chi connectivity index (χ2n) is 4.73. The topological polar surface area (TPSA) is 58.4 Å². The van der Waals surface area contributed by atoms with E-state index in [0.717, 1.165) is 25.6 Å². The second kappa shape index (κ2) is 5.97. The number of rotatable bonds is 5. The minimum atomic E-state index is -0.595. The van der Waals surface area contributed by atoms with E-state index in [1.54, 1.807) is 0 Å². The fraction of sp³-hybridized carbons (Fsp3) is 0.538. The van der Waals surface area contributed by atoms with Gasteiger partial charge in [0.25, 0.3) is 5.69 Å². The maximum atomic E-state index is 13.7. The van der Waals surface area contributed by atoms with E-state index in [2.05, 4.69) is 17.1 Å². The lowest BCUT2D eigenvalue weighted by molar-refractivity contribution is -0.385. The van der Waals surface area contributed by atoms with Crippen LogP contribution < -0.4 is 5.32 Å². The van der Waals surface area contributed by atoms with Gasteiger partial charge < -0.3 is 5.32 Å². The molecule has 0 amide bonds. The molecule has 19 heavy (non-hydrogen) atoms. The van der Waals surface area contributed by atoms with Crippen LogP contribution in [0.25, 0.3) is 0 Å². The molecule has 0 bridgehead atoms. The molecular weight excluding hydrogens is 249 g/mol. The van der Waals surface area contributed by atoms with Gasteiger partial charge in [-0.1, -0.05) is 6.92 Å². The molecule has 6 heteroatoms. The van der Waals surface area contributed by atoms with Gasteiger partial charge in [0.1, 0.15) is 0 Å². The molecule has 1 fully saturated rings. The first-order valence-corrected chi connectivity index (χ1v) is 6.53. The average Bonchev–Trinajstić information content (AvgIpc) is 2.84. The predicted octanol–water partition coefficient (Wildman–Crippen LogP) is 2.63. The third-order valence-electron chi connectivity index (χ3n) is 3.60. The Kier molecular flexibility index (Phi) is 4.31. The van der Waals surface area contributed by atoms with Crippen molar-refractivity contribution in [3.8, 4) is 0 Å². The standard InChI is InChI=1S/C13H18FN3O2/c1-2-16-7-3-4-11(16)9-15-13-6-5-10(17(18)19)8-12(13)14/h5-6,8,11,15H,2-4,7,9H2,1H3/t11-/m1/s1. The number of nitrogens with one attached hydrogen (secondary N) is 1. The number of likely N-dealkylation sites (tertiary alicyclic amines) is 1. The summed E-state index contributed by atoms with van der Waals surface area (Å²) in [4.78, 5) is 12.3. The molecule has 1 aromatic carbocycles. The molecule has 0 saturated carbocycles. The lowest BCUT2D eigenvalue weighted by atomic mass is 10.2. The molecule has 1 saturated heterocycles. The van der Waals surface area contributed by atoms with Crippen LogP contribution in [0.2, 0.25) is 0 Å². The van der Waals surface area contributed by atoms with Crippen molar-refractivity contribution in [1.82, 2.24) is 4.90 Å². The van der Waals surface area contributed by atoms with Gasteiger partial charge in [-0.15, -0.1) is 0 Å². The number of nitrogens with zero attached hydrogens (tertiary/aromatic N) is 2. The molecule has 2 rings (SSSR count). The van der Waals surface area contributed by atoms with Gasteiger partial charge in [-0.3, -0.25) is 15.0 Å². The minimum Gasteiger partial charge on any atom is -0.381 e. The Labute approximate surface area is 111 Å². The first-order chi connectivity index (χ1) is 9.11. The maximum Gasteiger partial charge on any atom is 0.272 e. The van der Waals surface area contributed by atoms with E-state index in [1.165, 1.54) is 18.6 Å². The molecule has 1 aromatic rings. The van der Waals surface area contributed by atoms with E-state index < -0.39 is 10.7 Å². The molecule has 0 aliphatic carbocycles. The van der Waals surface area contributed by atoms with Crippen molar-refractivity contribution in [2.45, 2.75) is 25.8 Å². The van der Waals surface area contributed by atoms with Gasteiger partial charge in [-0.2, -0.15) is 0 Å². The summed E-state index contributed by atoms with van der Waals surface area (Å²) in [5.41, 5.74) is 0.104. The van der Waals surface area contributed by atoms with Crippen LogP contribution in [-0.2, 0) is 0 Å². The monoisotopic (exact) mass is 267 g/mol. The quantitative estimate of drug-likeness (QED) is 0.658. The Morgan fingerprint density at radius 2 is 2.37 bits per heavy atom. The second-order valence-corrected chi connectivity index (χ2v) is 4.73. The number of hydrogen-bond acceptors (Lipinski definition) is 4. The van der Waals surface area contributed by atoms with Crippen molar-refractivity contribution < 1.29 is 9.31 Å². The van der Waals surface area contributed by atoms with Crippen LogP contribution in [0, 0.1) is 15.9 Å². The highest BCUT2D eigenvalue weighted by Gasteiger charge is 2.22. The highest BCUT2D eigenvalue weighted by Crippen LogP contribution is 2.22. The minimum absolute atomic E-state index is 0.223. The third-order valence-corrected chi connectivity index (χ3v) is 3.60. The van der Waals surface area contributed by atoms with Gasteiger partial charge >= 0.3 is 0 Å². The molecular formula is C13H18FN3O2. The normalized spacial score (nSPS) is 19.6. The zero-order chi connectivity index (χ0) is 13.8. The third kappa shape index (κ3) is 3.20. The smallest absolute Gasteiger partial charge is 0.272 e. The van der Waals surface area contributed by atoms with Crippen LogP contribution in [0.1, 0.15) is 19.8 Å². The zero-order valence-electron chi connectivity index (χ0n) is 10.9. The fourth-order valence-electron chi connectivity index (χ4n) is 2.53.